The smallest absolute Gasteiger partial charge is 0.0726 e. The monoisotopic (exact) mass is 647 g/mol. The normalized spacial score (nSPS) is 13.4. The van der Waals surface area contributed by atoms with Crippen LogP contribution in [0.25, 0.3) is 54.6 Å². The van der Waals surface area contributed by atoms with Crippen LogP contribution in [0.3, 0.4) is 0 Å². The molecule has 1 heteroatoms. The van der Waals surface area contributed by atoms with Gasteiger partial charge in [0.25, 0.3) is 0 Å². The fraction of sp³-hybridized carbons (Fsp3) is 0.0400. The Labute approximate surface area is 297 Å². The first kappa shape index (κ1) is 28.4. The molecule has 11 rings (SSSR count). The van der Waals surface area contributed by atoms with E-state index in [2.05, 4.69) is 194 Å². The number of rotatable bonds is 3. The molecule has 0 saturated heterocycles. The van der Waals surface area contributed by atoms with Crippen molar-refractivity contribution in [3.05, 3.63) is 210 Å². The zero-order valence-electron chi connectivity index (χ0n) is 28.3. The van der Waals surface area contributed by atoms with Gasteiger partial charge >= 0.3 is 0 Å². The molecule has 0 aromatic heterocycles. The summed E-state index contributed by atoms with van der Waals surface area (Å²) in [4.78, 5) is 2.53. The Morgan fingerprint density at radius 2 is 0.784 bits per heavy atom. The zero-order valence-corrected chi connectivity index (χ0v) is 28.3. The van der Waals surface area contributed by atoms with E-state index in [0.29, 0.717) is 0 Å². The molecule has 0 amide bonds. The predicted molar refractivity (Wildman–Crippen MR) is 215 cm³/mol. The quantitative estimate of drug-likeness (QED) is 0.173. The molecule has 0 saturated carbocycles. The third-order valence-electron chi connectivity index (χ3n) is 11.5. The molecule has 1 nitrogen and oxygen atoms in total. The van der Waals surface area contributed by atoms with Gasteiger partial charge in [-0.1, -0.05) is 163 Å². The maximum Gasteiger partial charge on any atom is 0.0726 e. The van der Waals surface area contributed by atoms with Crippen molar-refractivity contribution < 1.29 is 0 Å². The molecule has 2 aliphatic carbocycles. The summed E-state index contributed by atoms with van der Waals surface area (Å²) < 4.78 is 0. The Balaban J connectivity index is 1.29. The summed E-state index contributed by atoms with van der Waals surface area (Å²) >= 11 is 0. The molecular weight excluding hydrogens is 615 g/mol. The van der Waals surface area contributed by atoms with E-state index in [-0.39, 0.29) is 0 Å². The fourth-order valence-corrected chi connectivity index (χ4v) is 9.54. The second-order valence-electron chi connectivity index (χ2n) is 14.0. The first-order valence-electron chi connectivity index (χ1n) is 17.9. The number of aryl methyl sites for hydroxylation is 1. The average molecular weight is 648 g/mol. The molecule has 0 fully saturated rings. The average Bonchev–Trinajstić information content (AvgIpc) is 3.67. The topological polar surface area (TPSA) is 3.24 Å². The molecule has 0 unspecified atom stereocenters. The van der Waals surface area contributed by atoms with Crippen molar-refractivity contribution in [3.63, 3.8) is 0 Å². The maximum absolute atomic E-state index is 2.53. The third-order valence-corrected chi connectivity index (χ3v) is 11.5. The maximum atomic E-state index is 2.53. The standard InChI is InChI=1S/C50H33N/c1-32-28-30-33(31-29-32)51(46-26-12-21-40-36-15-3-2-14-34(36)35-16-4-5-19-39(35)48(40)46)47-27-13-25-45-49(47)41-20-8-11-24-44(41)50(45)42-22-9-6-17-37(42)38-18-7-10-23-43(38)50/h2-31H,1H3. The van der Waals surface area contributed by atoms with Crippen LogP contribution in [0, 0.1) is 6.92 Å². The molecule has 238 valence electrons. The van der Waals surface area contributed by atoms with Crippen molar-refractivity contribution in [2.24, 2.45) is 0 Å². The SMILES string of the molecule is Cc1ccc(N(c2cccc3c2-c2ccccc2C32c3ccccc3-c3ccccc32)c2cccc3c4ccccc4c4ccccc4c23)cc1. The van der Waals surface area contributed by atoms with Crippen LogP contribution in [0.15, 0.2) is 182 Å². The molecule has 2 aliphatic rings. The lowest BCUT2D eigenvalue weighted by atomic mass is 9.70. The largest absolute Gasteiger partial charge is 0.309 e. The van der Waals surface area contributed by atoms with Crippen LogP contribution in [0.5, 0.6) is 0 Å². The van der Waals surface area contributed by atoms with Crippen LogP contribution in [0.4, 0.5) is 17.1 Å². The van der Waals surface area contributed by atoms with Gasteiger partial charge < -0.3 is 4.90 Å². The van der Waals surface area contributed by atoms with E-state index >= 15 is 0 Å². The highest BCUT2D eigenvalue weighted by Crippen LogP contribution is 2.64. The number of hydrogen-bond donors (Lipinski definition) is 0. The van der Waals surface area contributed by atoms with Gasteiger partial charge in [0.1, 0.15) is 0 Å². The highest BCUT2D eigenvalue weighted by atomic mass is 15.1. The van der Waals surface area contributed by atoms with E-state index in [1.807, 2.05) is 0 Å². The molecule has 0 heterocycles. The molecule has 1 spiro atoms. The van der Waals surface area contributed by atoms with Crippen molar-refractivity contribution in [3.8, 4) is 22.3 Å². The molecule has 0 atom stereocenters. The predicted octanol–water partition coefficient (Wildman–Crippen LogP) is 13.3. The van der Waals surface area contributed by atoms with Crippen molar-refractivity contribution in [2.45, 2.75) is 12.3 Å². The minimum atomic E-state index is -0.407. The highest BCUT2D eigenvalue weighted by molar-refractivity contribution is 6.29. The second-order valence-corrected chi connectivity index (χ2v) is 14.0. The van der Waals surface area contributed by atoms with Crippen LogP contribution in [0.1, 0.15) is 27.8 Å². The van der Waals surface area contributed by atoms with Gasteiger partial charge in [-0.2, -0.15) is 0 Å². The molecule has 0 radical (unpaired) electrons. The van der Waals surface area contributed by atoms with Gasteiger partial charge in [-0.25, -0.2) is 0 Å². The first-order chi connectivity index (χ1) is 25.2. The number of anilines is 3. The molecule has 9 aromatic carbocycles. The lowest BCUT2D eigenvalue weighted by Gasteiger charge is -2.32. The summed E-state index contributed by atoms with van der Waals surface area (Å²) in [5.74, 6) is 0. The Hall–Kier alpha value is -6.44. The summed E-state index contributed by atoms with van der Waals surface area (Å²) in [5.41, 5.74) is 15.0. The Kier molecular flexibility index (Phi) is 5.86. The van der Waals surface area contributed by atoms with Crippen molar-refractivity contribution in [1.82, 2.24) is 0 Å². The van der Waals surface area contributed by atoms with Crippen molar-refractivity contribution >= 4 is 49.4 Å². The van der Waals surface area contributed by atoms with Crippen LogP contribution >= 0.6 is 0 Å². The zero-order chi connectivity index (χ0) is 33.7. The Bertz CT molecular complexity index is 2790. The van der Waals surface area contributed by atoms with Crippen molar-refractivity contribution in [1.29, 1.82) is 0 Å². The minimum absolute atomic E-state index is 0.407. The first-order valence-corrected chi connectivity index (χ1v) is 17.9. The van der Waals surface area contributed by atoms with Gasteiger partial charge in [-0.3, -0.25) is 0 Å². The summed E-state index contributed by atoms with van der Waals surface area (Å²) in [6.07, 6.45) is 0. The van der Waals surface area contributed by atoms with E-state index in [9.17, 15) is 0 Å². The number of fused-ring (bicyclic) bond motifs is 16. The minimum Gasteiger partial charge on any atom is -0.309 e. The van der Waals surface area contributed by atoms with Crippen molar-refractivity contribution in [2.75, 3.05) is 4.90 Å². The summed E-state index contributed by atoms with van der Waals surface area (Å²) in [5, 5.41) is 7.64. The summed E-state index contributed by atoms with van der Waals surface area (Å²) in [6.45, 7) is 2.17. The van der Waals surface area contributed by atoms with Gasteiger partial charge in [0.15, 0.2) is 0 Å². The molecule has 0 bridgehead atoms. The van der Waals surface area contributed by atoms with Crippen LogP contribution in [0.2, 0.25) is 0 Å². The lowest BCUT2D eigenvalue weighted by molar-refractivity contribution is 0.794. The second kappa shape index (κ2) is 10.5. The van der Waals surface area contributed by atoms with E-state index in [4.69, 9.17) is 0 Å². The summed E-state index contributed by atoms with van der Waals surface area (Å²) in [7, 11) is 0. The van der Waals surface area contributed by atoms with Gasteiger partial charge in [0.2, 0.25) is 0 Å². The fourth-order valence-electron chi connectivity index (χ4n) is 9.54. The van der Waals surface area contributed by atoms with E-state index in [1.54, 1.807) is 0 Å². The van der Waals surface area contributed by atoms with Crippen LogP contribution in [-0.4, -0.2) is 0 Å². The highest BCUT2D eigenvalue weighted by Gasteiger charge is 2.52. The van der Waals surface area contributed by atoms with Crippen LogP contribution < -0.4 is 4.90 Å². The van der Waals surface area contributed by atoms with E-state index in [0.717, 1.165) is 5.69 Å². The summed E-state index contributed by atoms with van der Waals surface area (Å²) in [6, 6.07) is 67.9. The number of benzene rings is 9. The molecule has 0 aliphatic heterocycles. The van der Waals surface area contributed by atoms with Gasteiger partial charge in [0.05, 0.1) is 16.8 Å². The molecule has 51 heavy (non-hydrogen) atoms. The van der Waals surface area contributed by atoms with E-state index in [1.165, 1.54) is 93.8 Å². The Morgan fingerprint density at radius 3 is 1.41 bits per heavy atom. The molecular formula is C50H33N. The molecule has 9 aromatic rings. The lowest BCUT2D eigenvalue weighted by Crippen LogP contribution is -2.26. The number of nitrogens with zero attached hydrogens (tertiary/aromatic N) is 1. The van der Waals surface area contributed by atoms with Gasteiger partial charge in [-0.15, -0.1) is 0 Å². The third kappa shape index (κ3) is 3.70. The van der Waals surface area contributed by atoms with Gasteiger partial charge in [0, 0.05) is 16.6 Å². The Morgan fingerprint density at radius 1 is 0.353 bits per heavy atom. The number of hydrogen-bond acceptors (Lipinski definition) is 1. The van der Waals surface area contributed by atoms with E-state index < -0.39 is 5.41 Å². The van der Waals surface area contributed by atoms with Crippen LogP contribution in [-0.2, 0) is 5.41 Å². The molecule has 0 N–H and O–H groups in total. The van der Waals surface area contributed by atoms with Gasteiger partial charge in [-0.05, 0) is 97.1 Å².